The molecule has 0 saturated heterocycles. The summed E-state index contributed by atoms with van der Waals surface area (Å²) in [6.45, 7) is 2.01. The maximum atomic E-state index is 12.3. The van der Waals surface area contributed by atoms with Gasteiger partial charge in [0.05, 0.1) is 10.0 Å². The average Bonchev–Trinajstić information content (AvgIpc) is 3.11. The molecule has 0 bridgehead atoms. The van der Waals surface area contributed by atoms with Crippen LogP contribution in [0.1, 0.15) is 28.1 Å². The minimum absolute atomic E-state index is 0.0559. The number of hydrogen-bond acceptors (Lipinski definition) is 6. The molecule has 11 heteroatoms. The van der Waals surface area contributed by atoms with E-state index >= 15 is 0 Å². The number of carbonyl (C=O) groups excluding carboxylic acids is 1. The molecule has 0 aliphatic rings. The summed E-state index contributed by atoms with van der Waals surface area (Å²) in [6.07, 6.45) is 0. The summed E-state index contributed by atoms with van der Waals surface area (Å²) < 4.78 is 0.700. The summed E-state index contributed by atoms with van der Waals surface area (Å²) in [5.74, 6) is -0.346. The van der Waals surface area contributed by atoms with Gasteiger partial charge in [0.25, 0.3) is 5.91 Å². The van der Waals surface area contributed by atoms with Crippen LogP contribution in [0.15, 0.2) is 51.9 Å². The molecule has 0 fully saturated rings. The molecular weight excluding hydrogens is 439 g/mol. The highest BCUT2D eigenvalue weighted by molar-refractivity contribution is 8.01. The first kappa shape index (κ1) is 20.4. The van der Waals surface area contributed by atoms with Crippen molar-refractivity contribution in [2.24, 2.45) is 5.11 Å². The second-order valence-corrected chi connectivity index (χ2v) is 8.88. The highest BCUT2D eigenvalue weighted by Gasteiger charge is 2.15. The Bertz CT molecular complexity index is 1070. The first-order chi connectivity index (χ1) is 13.5. The molecule has 3 aromatic rings. The Morgan fingerprint density at radius 1 is 1.25 bits per heavy atom. The van der Waals surface area contributed by atoms with E-state index in [1.807, 2.05) is 25.1 Å². The molecular formula is C17H12Cl2N6OS2. The van der Waals surface area contributed by atoms with Crippen molar-refractivity contribution in [3.8, 4) is 0 Å². The monoisotopic (exact) mass is 450 g/mol. The number of nitrogens with zero attached hydrogens (tertiary/aromatic N) is 5. The quantitative estimate of drug-likeness (QED) is 0.145. The maximum Gasteiger partial charge on any atom is 0.257 e. The van der Waals surface area contributed by atoms with Gasteiger partial charge in [-0.15, -0.1) is 10.2 Å². The van der Waals surface area contributed by atoms with Crippen molar-refractivity contribution < 1.29 is 4.79 Å². The Labute approximate surface area is 178 Å². The van der Waals surface area contributed by atoms with Crippen molar-refractivity contribution in [1.29, 1.82) is 0 Å². The number of nitrogens with one attached hydrogen (secondary N) is 1. The molecule has 0 spiro atoms. The van der Waals surface area contributed by atoms with Gasteiger partial charge in [-0.2, -0.15) is 0 Å². The van der Waals surface area contributed by atoms with Crippen LogP contribution in [0.5, 0.6) is 0 Å². The first-order valence-corrected chi connectivity index (χ1v) is 10.3. The number of aromatic nitrogens is 2. The van der Waals surface area contributed by atoms with Crippen LogP contribution >= 0.6 is 46.3 Å². The minimum Gasteiger partial charge on any atom is -0.296 e. The zero-order valence-corrected chi connectivity index (χ0v) is 17.5. The lowest BCUT2D eigenvalue weighted by Crippen LogP contribution is -2.11. The van der Waals surface area contributed by atoms with Crippen LogP contribution in [0, 0.1) is 0 Å². The van der Waals surface area contributed by atoms with Crippen molar-refractivity contribution in [1.82, 2.24) is 10.2 Å². The van der Waals surface area contributed by atoms with Gasteiger partial charge in [-0.3, -0.25) is 10.1 Å². The molecule has 7 nitrogen and oxygen atoms in total. The number of azide groups is 1. The van der Waals surface area contributed by atoms with E-state index in [1.165, 1.54) is 29.2 Å². The molecule has 0 aliphatic heterocycles. The molecule has 1 atom stereocenters. The van der Waals surface area contributed by atoms with E-state index in [0.29, 0.717) is 30.8 Å². The van der Waals surface area contributed by atoms with Crippen molar-refractivity contribution in [3.63, 3.8) is 0 Å². The number of halogens is 2. The van der Waals surface area contributed by atoms with Crippen LogP contribution in [0.4, 0.5) is 10.8 Å². The van der Waals surface area contributed by atoms with Crippen LogP contribution in [0.2, 0.25) is 10.0 Å². The fraction of sp³-hybridized carbons (Fsp3) is 0.118. The summed E-state index contributed by atoms with van der Waals surface area (Å²) in [7, 11) is 0. The molecule has 1 unspecified atom stereocenters. The smallest absolute Gasteiger partial charge is 0.257 e. The summed E-state index contributed by atoms with van der Waals surface area (Å²) in [4.78, 5) is 15.1. The molecule has 0 aliphatic carbocycles. The standard InChI is InChI=1S/C17H12Cl2N6OS2/c1-9(10-3-2-4-12(7-10)22-25-20)27-17-24-23-16(28-17)21-15(26)11-5-6-13(18)14(19)8-11/h2-9H,1H3,(H,21,23,26). The van der Waals surface area contributed by atoms with Crippen molar-refractivity contribution in [2.75, 3.05) is 5.32 Å². The van der Waals surface area contributed by atoms with Gasteiger partial charge in [0.1, 0.15) is 0 Å². The highest BCUT2D eigenvalue weighted by atomic mass is 35.5. The molecule has 1 heterocycles. The van der Waals surface area contributed by atoms with Crippen molar-refractivity contribution in [2.45, 2.75) is 16.5 Å². The van der Waals surface area contributed by atoms with Gasteiger partial charge in [-0.05, 0) is 42.3 Å². The third-order valence-electron chi connectivity index (χ3n) is 3.59. The van der Waals surface area contributed by atoms with Crippen LogP contribution < -0.4 is 5.32 Å². The van der Waals surface area contributed by atoms with E-state index in [0.717, 1.165) is 5.56 Å². The number of rotatable bonds is 6. The normalized spacial score (nSPS) is 11.5. The van der Waals surface area contributed by atoms with E-state index in [1.54, 1.807) is 18.2 Å². The summed E-state index contributed by atoms with van der Waals surface area (Å²) >= 11 is 14.6. The number of thioether (sulfide) groups is 1. The summed E-state index contributed by atoms with van der Waals surface area (Å²) in [6, 6.07) is 12.0. The molecule has 28 heavy (non-hydrogen) atoms. The Morgan fingerprint density at radius 2 is 2.07 bits per heavy atom. The first-order valence-electron chi connectivity index (χ1n) is 7.88. The largest absolute Gasteiger partial charge is 0.296 e. The van der Waals surface area contributed by atoms with Gasteiger partial charge in [-0.25, -0.2) is 0 Å². The number of anilines is 1. The predicted octanol–water partition coefficient (Wildman–Crippen LogP) is 6.89. The van der Waals surface area contributed by atoms with Crippen molar-refractivity contribution in [3.05, 3.63) is 74.1 Å². The van der Waals surface area contributed by atoms with Crippen LogP contribution in [0.25, 0.3) is 10.4 Å². The molecule has 1 N–H and O–H groups in total. The van der Waals surface area contributed by atoms with Gasteiger partial charge >= 0.3 is 0 Å². The van der Waals surface area contributed by atoms with Gasteiger partial charge < -0.3 is 0 Å². The predicted molar refractivity (Wildman–Crippen MR) is 114 cm³/mol. The van der Waals surface area contributed by atoms with Crippen LogP contribution in [0.3, 0.4) is 0 Å². The molecule has 0 radical (unpaired) electrons. The van der Waals surface area contributed by atoms with Gasteiger partial charge in [0, 0.05) is 21.4 Å². The van der Waals surface area contributed by atoms with E-state index in [-0.39, 0.29) is 11.2 Å². The maximum absolute atomic E-state index is 12.3. The number of hydrogen-bond donors (Lipinski definition) is 1. The van der Waals surface area contributed by atoms with E-state index < -0.39 is 0 Å². The third-order valence-corrected chi connectivity index (χ3v) is 6.41. The van der Waals surface area contributed by atoms with Crippen LogP contribution in [-0.2, 0) is 0 Å². The van der Waals surface area contributed by atoms with Gasteiger partial charge in [0.2, 0.25) is 5.13 Å². The zero-order chi connectivity index (χ0) is 20.1. The Hall–Kier alpha value is -2.29. The number of benzene rings is 2. The topological polar surface area (TPSA) is 104 Å². The highest BCUT2D eigenvalue weighted by Crippen LogP contribution is 2.38. The Morgan fingerprint density at radius 3 is 2.82 bits per heavy atom. The van der Waals surface area contributed by atoms with E-state index in [4.69, 9.17) is 28.7 Å². The number of carbonyl (C=O) groups is 1. The Balaban J connectivity index is 1.66. The number of amides is 1. The SMILES string of the molecule is CC(Sc1nnc(NC(=O)c2ccc(Cl)c(Cl)c2)s1)c1cccc(N=[N+]=[N-])c1. The summed E-state index contributed by atoms with van der Waals surface area (Å²) in [5, 5.41) is 15.6. The molecule has 1 aromatic heterocycles. The van der Waals surface area contributed by atoms with Crippen molar-refractivity contribution >= 4 is 63.0 Å². The summed E-state index contributed by atoms with van der Waals surface area (Å²) in [5.41, 5.74) is 10.5. The molecule has 1 amide bonds. The lowest BCUT2D eigenvalue weighted by molar-refractivity contribution is 0.102. The third kappa shape index (κ3) is 5.15. The minimum atomic E-state index is -0.346. The average molecular weight is 451 g/mol. The molecule has 2 aromatic carbocycles. The molecule has 3 rings (SSSR count). The molecule has 142 valence electrons. The van der Waals surface area contributed by atoms with Crippen LogP contribution in [-0.4, -0.2) is 16.1 Å². The lowest BCUT2D eigenvalue weighted by atomic mass is 10.1. The van der Waals surface area contributed by atoms with E-state index in [9.17, 15) is 4.79 Å². The van der Waals surface area contributed by atoms with Gasteiger partial charge in [0.15, 0.2) is 4.34 Å². The lowest BCUT2D eigenvalue weighted by Gasteiger charge is -2.09. The zero-order valence-electron chi connectivity index (χ0n) is 14.3. The fourth-order valence-electron chi connectivity index (χ4n) is 2.23. The van der Waals surface area contributed by atoms with E-state index in [2.05, 4.69) is 25.5 Å². The second kappa shape index (κ2) is 9.27. The second-order valence-electron chi connectivity index (χ2n) is 5.50. The van der Waals surface area contributed by atoms with Gasteiger partial charge in [-0.1, -0.05) is 69.6 Å². The Kier molecular flexibility index (Phi) is 6.77. The molecule has 0 saturated carbocycles. The fourth-order valence-corrected chi connectivity index (χ4v) is 4.53.